The summed E-state index contributed by atoms with van der Waals surface area (Å²) in [5.74, 6) is 0.744. The minimum absolute atomic E-state index is 0.0315. The van der Waals surface area contributed by atoms with E-state index in [0.29, 0.717) is 23.7 Å². The van der Waals surface area contributed by atoms with E-state index in [-0.39, 0.29) is 23.0 Å². The Kier molecular flexibility index (Phi) is 4.18. The van der Waals surface area contributed by atoms with Crippen LogP contribution < -0.4 is 10.1 Å². The number of pyridine rings is 1. The summed E-state index contributed by atoms with van der Waals surface area (Å²) < 4.78 is 15.6. The van der Waals surface area contributed by atoms with E-state index in [2.05, 4.69) is 17.3 Å². The number of hydrogen-bond donors (Lipinski definition) is 1. The monoisotopic (exact) mass is 409 g/mol. The third-order valence-electron chi connectivity index (χ3n) is 6.20. The molecule has 158 valence electrons. The molecular weight excluding hydrogens is 382 g/mol. The van der Waals surface area contributed by atoms with Crippen molar-refractivity contribution in [1.82, 2.24) is 19.2 Å². The van der Waals surface area contributed by atoms with Crippen molar-refractivity contribution in [3.63, 3.8) is 0 Å². The highest BCUT2D eigenvalue weighted by Crippen LogP contribution is 2.53. The molecule has 1 aliphatic heterocycles. The molecule has 3 aromatic rings. The molecule has 1 saturated carbocycles. The van der Waals surface area contributed by atoms with Crippen molar-refractivity contribution in [3.05, 3.63) is 42.0 Å². The number of rotatable bonds is 5. The Hall–Kier alpha value is -2.87. The standard InChI is InChI=1S/C22H27N5O3/c1-14(2)30-16-9-19-23-17(22-7-6-21(3,12-22)29-13-22)11-27(19)10-15(16)20(28)24-18-5-8-26(4)25-18/h5,8-11,14H,6-7,12-13H2,1-4H3,(H,24,25,28). The Morgan fingerprint density at radius 1 is 1.33 bits per heavy atom. The fourth-order valence-corrected chi connectivity index (χ4v) is 4.71. The Bertz CT molecular complexity index is 1120. The predicted octanol–water partition coefficient (Wildman–Crippen LogP) is 3.32. The third-order valence-corrected chi connectivity index (χ3v) is 6.20. The average Bonchev–Trinajstić information content (AvgIpc) is 3.42. The zero-order chi connectivity index (χ0) is 21.1. The van der Waals surface area contributed by atoms with Crippen molar-refractivity contribution >= 4 is 17.4 Å². The van der Waals surface area contributed by atoms with Crippen LogP contribution in [0.4, 0.5) is 5.82 Å². The first kappa shape index (κ1) is 19.1. The van der Waals surface area contributed by atoms with Crippen LogP contribution in [0.25, 0.3) is 5.65 Å². The maximum Gasteiger partial charge on any atom is 0.262 e. The van der Waals surface area contributed by atoms with Crippen LogP contribution in [0.2, 0.25) is 0 Å². The molecule has 30 heavy (non-hydrogen) atoms. The van der Waals surface area contributed by atoms with Crippen LogP contribution in [0, 0.1) is 0 Å². The van der Waals surface area contributed by atoms with Crippen LogP contribution in [0.1, 0.15) is 56.1 Å². The van der Waals surface area contributed by atoms with Gasteiger partial charge in [-0.2, -0.15) is 5.10 Å². The number of nitrogens with zero attached hydrogens (tertiary/aromatic N) is 4. The molecule has 1 amide bonds. The number of imidazole rings is 1. The lowest BCUT2D eigenvalue weighted by atomic mass is 9.84. The van der Waals surface area contributed by atoms with Gasteiger partial charge in [-0.3, -0.25) is 9.48 Å². The molecule has 2 fully saturated rings. The number of aryl methyl sites for hydroxylation is 1. The average molecular weight is 409 g/mol. The van der Waals surface area contributed by atoms with Gasteiger partial charge in [0.15, 0.2) is 5.82 Å². The van der Waals surface area contributed by atoms with Gasteiger partial charge in [-0.15, -0.1) is 0 Å². The molecule has 2 aliphatic rings. The summed E-state index contributed by atoms with van der Waals surface area (Å²) in [6.07, 6.45) is 8.67. The summed E-state index contributed by atoms with van der Waals surface area (Å²) in [4.78, 5) is 17.9. The highest BCUT2D eigenvalue weighted by atomic mass is 16.5. The van der Waals surface area contributed by atoms with Crippen molar-refractivity contribution in [1.29, 1.82) is 0 Å². The van der Waals surface area contributed by atoms with Gasteiger partial charge in [0.25, 0.3) is 5.91 Å². The number of fused-ring (bicyclic) bond motifs is 3. The van der Waals surface area contributed by atoms with E-state index in [9.17, 15) is 4.79 Å². The normalized spacial score (nSPS) is 25.4. The lowest BCUT2D eigenvalue weighted by Gasteiger charge is -2.24. The smallest absolute Gasteiger partial charge is 0.262 e. The second-order valence-electron chi connectivity index (χ2n) is 9.13. The number of amides is 1. The summed E-state index contributed by atoms with van der Waals surface area (Å²) >= 11 is 0. The van der Waals surface area contributed by atoms with Gasteiger partial charge in [0.1, 0.15) is 11.4 Å². The molecular formula is C22H27N5O3. The molecule has 8 heteroatoms. The van der Waals surface area contributed by atoms with E-state index >= 15 is 0 Å². The first-order valence-electron chi connectivity index (χ1n) is 10.4. The lowest BCUT2D eigenvalue weighted by molar-refractivity contribution is -0.00627. The van der Waals surface area contributed by atoms with Crippen molar-refractivity contribution in [3.8, 4) is 5.75 Å². The van der Waals surface area contributed by atoms with Crippen molar-refractivity contribution in [2.24, 2.45) is 7.05 Å². The number of anilines is 1. The number of nitrogens with one attached hydrogen (secondary N) is 1. The van der Waals surface area contributed by atoms with Crippen molar-refractivity contribution in [2.45, 2.75) is 57.2 Å². The Morgan fingerprint density at radius 2 is 2.17 bits per heavy atom. The van der Waals surface area contributed by atoms with Crippen molar-refractivity contribution in [2.75, 3.05) is 11.9 Å². The molecule has 2 bridgehead atoms. The lowest BCUT2D eigenvalue weighted by Crippen LogP contribution is -2.26. The Balaban J connectivity index is 1.53. The van der Waals surface area contributed by atoms with Crippen molar-refractivity contribution < 1.29 is 14.3 Å². The van der Waals surface area contributed by atoms with Gasteiger partial charge in [-0.1, -0.05) is 0 Å². The van der Waals surface area contributed by atoms with E-state index in [1.165, 1.54) is 0 Å². The van der Waals surface area contributed by atoms with E-state index in [0.717, 1.165) is 30.6 Å². The molecule has 1 N–H and O–H groups in total. The second-order valence-corrected chi connectivity index (χ2v) is 9.13. The van der Waals surface area contributed by atoms with Crippen LogP contribution in [-0.2, 0) is 17.2 Å². The van der Waals surface area contributed by atoms with Gasteiger partial charge in [0.05, 0.1) is 29.6 Å². The zero-order valence-corrected chi connectivity index (χ0v) is 17.8. The van der Waals surface area contributed by atoms with E-state index in [4.69, 9.17) is 14.5 Å². The number of hydrogen-bond acceptors (Lipinski definition) is 5. The van der Waals surface area contributed by atoms with Crippen LogP contribution in [0.5, 0.6) is 5.75 Å². The summed E-state index contributed by atoms with van der Waals surface area (Å²) in [5, 5.41) is 7.07. The molecule has 1 saturated heterocycles. The highest BCUT2D eigenvalue weighted by Gasteiger charge is 2.55. The fraction of sp³-hybridized carbons (Fsp3) is 0.500. The Labute approximate surface area is 175 Å². The zero-order valence-electron chi connectivity index (χ0n) is 17.8. The molecule has 0 radical (unpaired) electrons. The molecule has 0 aromatic carbocycles. The van der Waals surface area contributed by atoms with Gasteiger partial charge in [0.2, 0.25) is 0 Å². The molecule has 0 spiro atoms. The molecule has 5 rings (SSSR count). The van der Waals surface area contributed by atoms with Gasteiger partial charge in [-0.25, -0.2) is 4.98 Å². The maximum atomic E-state index is 13.0. The van der Waals surface area contributed by atoms with Gasteiger partial charge < -0.3 is 19.2 Å². The van der Waals surface area contributed by atoms with E-state index in [1.807, 2.05) is 37.6 Å². The minimum atomic E-state index is -0.266. The predicted molar refractivity (Wildman–Crippen MR) is 112 cm³/mol. The maximum absolute atomic E-state index is 13.0. The number of aromatic nitrogens is 4. The van der Waals surface area contributed by atoms with Crippen LogP contribution in [0.15, 0.2) is 30.7 Å². The molecule has 4 heterocycles. The summed E-state index contributed by atoms with van der Waals surface area (Å²) in [6.45, 7) is 6.77. The van der Waals surface area contributed by atoms with E-state index in [1.54, 1.807) is 23.1 Å². The number of carbonyl (C=O) groups is 1. The Morgan fingerprint density at radius 3 is 2.77 bits per heavy atom. The quantitative estimate of drug-likeness (QED) is 0.699. The molecule has 8 nitrogen and oxygen atoms in total. The largest absolute Gasteiger partial charge is 0.490 e. The number of ether oxygens (including phenoxy) is 2. The highest BCUT2D eigenvalue weighted by molar-refractivity contribution is 6.05. The topological polar surface area (TPSA) is 82.7 Å². The summed E-state index contributed by atoms with van der Waals surface area (Å²) in [5.41, 5.74) is 2.18. The number of carbonyl (C=O) groups excluding carboxylic acids is 1. The van der Waals surface area contributed by atoms with Crippen LogP contribution >= 0.6 is 0 Å². The molecule has 3 aromatic heterocycles. The van der Waals surface area contributed by atoms with Gasteiger partial charge >= 0.3 is 0 Å². The third kappa shape index (κ3) is 3.15. The first-order chi connectivity index (χ1) is 14.3. The first-order valence-corrected chi connectivity index (χ1v) is 10.4. The van der Waals surface area contributed by atoms with Gasteiger partial charge in [0, 0.05) is 43.2 Å². The molecule has 2 unspecified atom stereocenters. The summed E-state index contributed by atoms with van der Waals surface area (Å²) in [7, 11) is 1.81. The second kappa shape index (κ2) is 6.57. The SMILES string of the molecule is CC(C)Oc1cc2nc(C34CCC(C)(C3)OC4)cn2cc1C(=O)Nc1ccn(C)n1. The van der Waals surface area contributed by atoms with E-state index < -0.39 is 0 Å². The van der Waals surface area contributed by atoms with Gasteiger partial charge in [-0.05, 0) is 40.0 Å². The molecule has 2 atom stereocenters. The minimum Gasteiger partial charge on any atom is -0.490 e. The van der Waals surface area contributed by atoms with Crippen LogP contribution in [-0.4, -0.2) is 43.4 Å². The van der Waals surface area contributed by atoms with Crippen LogP contribution in [0.3, 0.4) is 0 Å². The summed E-state index contributed by atoms with van der Waals surface area (Å²) in [6, 6.07) is 3.60. The fourth-order valence-electron chi connectivity index (χ4n) is 4.71. The molecule has 1 aliphatic carbocycles.